The Labute approximate surface area is 148 Å². The molecule has 0 saturated carbocycles. The van der Waals surface area contributed by atoms with Crippen LogP contribution in [0.5, 0.6) is 0 Å². The lowest BCUT2D eigenvalue weighted by molar-refractivity contribution is -0.00922. The second-order valence-corrected chi connectivity index (χ2v) is 7.31. The normalized spacial score (nSPS) is 24.7. The van der Waals surface area contributed by atoms with Gasteiger partial charge in [0.05, 0.1) is 44.7 Å². The first kappa shape index (κ1) is 17.1. The van der Waals surface area contributed by atoms with E-state index in [1.54, 1.807) is 10.7 Å². The Morgan fingerprint density at radius 3 is 3.00 bits per heavy atom. The van der Waals surface area contributed by atoms with Crippen LogP contribution in [-0.2, 0) is 29.0 Å². The van der Waals surface area contributed by atoms with Crippen LogP contribution in [0.25, 0.3) is 0 Å². The van der Waals surface area contributed by atoms with Crippen molar-refractivity contribution < 1.29 is 9.47 Å². The third kappa shape index (κ3) is 4.11. The van der Waals surface area contributed by atoms with Crippen molar-refractivity contribution in [1.29, 1.82) is 0 Å². The highest BCUT2D eigenvalue weighted by molar-refractivity contribution is 5.18. The molecule has 2 fully saturated rings. The molecule has 4 heterocycles. The Morgan fingerprint density at radius 1 is 1.24 bits per heavy atom. The quantitative estimate of drug-likeness (QED) is 0.790. The van der Waals surface area contributed by atoms with E-state index in [1.807, 2.05) is 0 Å². The molecule has 1 aromatic heterocycles. The van der Waals surface area contributed by atoms with E-state index in [4.69, 9.17) is 9.47 Å². The molecule has 1 aromatic rings. The van der Waals surface area contributed by atoms with Crippen molar-refractivity contribution >= 4 is 0 Å². The summed E-state index contributed by atoms with van der Waals surface area (Å²) in [4.78, 5) is 14.8. The summed E-state index contributed by atoms with van der Waals surface area (Å²) in [6.45, 7) is 6.56. The van der Waals surface area contributed by atoms with Gasteiger partial charge in [-0.25, -0.2) is 4.68 Å². The molecule has 3 aliphatic rings. The first-order chi connectivity index (χ1) is 12.3. The minimum atomic E-state index is -0.0115. The van der Waals surface area contributed by atoms with Gasteiger partial charge in [0, 0.05) is 37.2 Å². The number of fused-ring (bicyclic) bond motifs is 1. The summed E-state index contributed by atoms with van der Waals surface area (Å²) in [6, 6.07) is 2.78. The number of ether oxygens (including phenoxy) is 2. The Bertz CT molecular complexity index is 644. The lowest BCUT2D eigenvalue weighted by atomic mass is 10.0. The van der Waals surface area contributed by atoms with Crippen molar-refractivity contribution in [3.8, 4) is 0 Å². The highest BCUT2D eigenvalue weighted by Gasteiger charge is 2.25. The molecular weight excluding hydrogens is 320 g/mol. The van der Waals surface area contributed by atoms with Gasteiger partial charge in [0.1, 0.15) is 0 Å². The van der Waals surface area contributed by atoms with Gasteiger partial charge in [0.25, 0.3) is 5.56 Å². The van der Waals surface area contributed by atoms with Crippen LogP contribution in [0.2, 0.25) is 0 Å². The molecule has 4 rings (SSSR count). The molecule has 0 amide bonds. The summed E-state index contributed by atoms with van der Waals surface area (Å²) in [5.74, 6) is 0. The molecule has 25 heavy (non-hydrogen) atoms. The molecule has 0 aromatic carbocycles. The van der Waals surface area contributed by atoms with Crippen molar-refractivity contribution in [2.24, 2.45) is 0 Å². The average molecular weight is 348 g/mol. The first-order valence-corrected chi connectivity index (χ1v) is 9.52. The number of nitrogens with one attached hydrogen (secondary N) is 1. The zero-order valence-corrected chi connectivity index (χ0v) is 14.8. The summed E-state index contributed by atoms with van der Waals surface area (Å²) in [7, 11) is 0. The topological polar surface area (TPSA) is 68.6 Å². The van der Waals surface area contributed by atoms with Gasteiger partial charge in [-0.05, 0) is 19.4 Å². The highest BCUT2D eigenvalue weighted by atomic mass is 16.5. The highest BCUT2D eigenvalue weighted by Crippen LogP contribution is 2.17. The number of aromatic nitrogens is 2. The van der Waals surface area contributed by atoms with Crippen molar-refractivity contribution in [1.82, 2.24) is 20.0 Å². The molecule has 0 bridgehead atoms. The standard InChI is InChI=1S/C18H28N4O3/c23-18-9-14-11-24-8-4-17(14)20-22(18)7-6-21-5-2-1-3-16(21)10-19-15-12-25-13-15/h9,15-16,19H,1-8,10-13H2. The van der Waals surface area contributed by atoms with Crippen molar-refractivity contribution in [3.63, 3.8) is 0 Å². The van der Waals surface area contributed by atoms with Crippen LogP contribution < -0.4 is 10.9 Å². The van der Waals surface area contributed by atoms with Crippen molar-refractivity contribution in [2.45, 2.75) is 50.9 Å². The molecule has 0 spiro atoms. The molecule has 1 atom stereocenters. The van der Waals surface area contributed by atoms with E-state index in [-0.39, 0.29) is 5.56 Å². The summed E-state index contributed by atoms with van der Waals surface area (Å²) >= 11 is 0. The predicted octanol–water partition coefficient (Wildman–Crippen LogP) is 0.159. The van der Waals surface area contributed by atoms with Crippen LogP contribution in [0.4, 0.5) is 0 Å². The van der Waals surface area contributed by atoms with Gasteiger partial charge in [0.2, 0.25) is 0 Å². The number of likely N-dealkylation sites (tertiary alicyclic amines) is 1. The maximum Gasteiger partial charge on any atom is 0.267 e. The summed E-state index contributed by atoms with van der Waals surface area (Å²) in [5.41, 5.74) is 1.96. The van der Waals surface area contributed by atoms with E-state index in [1.165, 1.54) is 19.3 Å². The SMILES string of the molecule is O=c1cc2c(nn1CCN1CCCCC1CNC1COC1)CCOC2. The molecule has 7 nitrogen and oxygen atoms in total. The molecule has 3 aliphatic heterocycles. The zero-order valence-electron chi connectivity index (χ0n) is 14.8. The van der Waals surface area contributed by atoms with Gasteiger partial charge in [-0.15, -0.1) is 0 Å². The molecule has 7 heteroatoms. The fourth-order valence-electron chi connectivity index (χ4n) is 3.88. The monoisotopic (exact) mass is 348 g/mol. The van der Waals surface area contributed by atoms with Crippen LogP contribution in [0.3, 0.4) is 0 Å². The largest absolute Gasteiger partial charge is 0.378 e. The molecule has 1 unspecified atom stereocenters. The van der Waals surface area contributed by atoms with Gasteiger partial charge in [-0.3, -0.25) is 9.69 Å². The van der Waals surface area contributed by atoms with Crippen LogP contribution in [0.15, 0.2) is 10.9 Å². The van der Waals surface area contributed by atoms with E-state index < -0.39 is 0 Å². The molecule has 0 radical (unpaired) electrons. The smallest absolute Gasteiger partial charge is 0.267 e. The molecular formula is C18H28N4O3. The van der Waals surface area contributed by atoms with E-state index in [0.717, 1.165) is 50.5 Å². The summed E-state index contributed by atoms with van der Waals surface area (Å²) in [6.07, 6.45) is 4.56. The van der Waals surface area contributed by atoms with E-state index >= 15 is 0 Å². The Hall–Kier alpha value is -1.28. The third-order valence-corrected chi connectivity index (χ3v) is 5.53. The van der Waals surface area contributed by atoms with Gasteiger partial charge in [-0.2, -0.15) is 5.10 Å². The number of nitrogens with zero attached hydrogens (tertiary/aromatic N) is 3. The average Bonchev–Trinajstić information content (AvgIpc) is 2.59. The van der Waals surface area contributed by atoms with E-state index in [0.29, 0.717) is 31.8 Å². The van der Waals surface area contributed by atoms with Gasteiger partial charge < -0.3 is 14.8 Å². The number of hydrogen-bond donors (Lipinski definition) is 1. The minimum absolute atomic E-state index is 0.0115. The van der Waals surface area contributed by atoms with Gasteiger partial charge in [0.15, 0.2) is 0 Å². The summed E-state index contributed by atoms with van der Waals surface area (Å²) < 4.78 is 12.3. The number of hydrogen-bond acceptors (Lipinski definition) is 6. The fourth-order valence-corrected chi connectivity index (χ4v) is 3.88. The zero-order chi connectivity index (χ0) is 17.1. The van der Waals surface area contributed by atoms with Gasteiger partial charge >= 0.3 is 0 Å². The lowest BCUT2D eigenvalue weighted by Gasteiger charge is -2.38. The van der Waals surface area contributed by atoms with Crippen LogP contribution in [0.1, 0.15) is 30.5 Å². The van der Waals surface area contributed by atoms with Gasteiger partial charge in [-0.1, -0.05) is 6.42 Å². The van der Waals surface area contributed by atoms with Crippen molar-refractivity contribution in [3.05, 3.63) is 27.7 Å². The van der Waals surface area contributed by atoms with E-state index in [2.05, 4.69) is 15.3 Å². The molecule has 2 saturated heterocycles. The molecule has 0 aliphatic carbocycles. The minimum Gasteiger partial charge on any atom is -0.378 e. The second-order valence-electron chi connectivity index (χ2n) is 7.31. The second kappa shape index (κ2) is 7.95. The molecule has 138 valence electrons. The number of rotatable bonds is 6. The van der Waals surface area contributed by atoms with Crippen LogP contribution in [0, 0.1) is 0 Å². The van der Waals surface area contributed by atoms with E-state index in [9.17, 15) is 4.79 Å². The Balaban J connectivity index is 1.36. The third-order valence-electron chi connectivity index (χ3n) is 5.53. The number of piperidine rings is 1. The fraction of sp³-hybridized carbons (Fsp3) is 0.778. The molecule has 1 N–H and O–H groups in total. The maximum atomic E-state index is 12.3. The Morgan fingerprint density at radius 2 is 2.16 bits per heavy atom. The Kier molecular flexibility index (Phi) is 5.45. The van der Waals surface area contributed by atoms with Crippen LogP contribution >= 0.6 is 0 Å². The van der Waals surface area contributed by atoms with Crippen molar-refractivity contribution in [2.75, 3.05) is 39.5 Å². The summed E-state index contributed by atoms with van der Waals surface area (Å²) in [5, 5.41) is 8.19. The maximum absolute atomic E-state index is 12.3. The predicted molar refractivity (Wildman–Crippen MR) is 93.7 cm³/mol. The first-order valence-electron chi connectivity index (χ1n) is 9.52. The van der Waals surface area contributed by atoms with Crippen LogP contribution in [-0.4, -0.2) is 66.2 Å². The lowest BCUT2D eigenvalue weighted by Crippen LogP contribution is -2.53.